The summed E-state index contributed by atoms with van der Waals surface area (Å²) in [5.74, 6) is -1.63. The third-order valence-electron chi connectivity index (χ3n) is 5.53. The van der Waals surface area contributed by atoms with Crippen LogP contribution in [0.3, 0.4) is 0 Å². The number of hydrogen-bond donors (Lipinski definition) is 2. The minimum Gasteiger partial charge on any atom is -0.467 e. The van der Waals surface area contributed by atoms with Crippen LogP contribution in [-0.4, -0.2) is 73.4 Å². The van der Waals surface area contributed by atoms with E-state index in [0.717, 1.165) is 4.90 Å². The van der Waals surface area contributed by atoms with E-state index in [2.05, 4.69) is 10.6 Å². The third-order valence-corrected chi connectivity index (χ3v) is 7.32. The number of amides is 3. The van der Waals surface area contributed by atoms with Gasteiger partial charge in [0, 0.05) is 30.0 Å². The van der Waals surface area contributed by atoms with Crippen molar-refractivity contribution in [2.75, 3.05) is 33.0 Å². The fourth-order valence-corrected chi connectivity index (χ4v) is 4.76. The van der Waals surface area contributed by atoms with Gasteiger partial charge in [0.2, 0.25) is 11.8 Å². The SMILES string of the molecule is COC(=O)[C@H](CNC(=O)OC(C)(C)C)NC(=O)C1CCN(C(=O)/C=C/c2ccc(SC)c(Cl)c2Cl)CC1. The number of benzene rings is 1. The summed E-state index contributed by atoms with van der Waals surface area (Å²) >= 11 is 14.1. The molecule has 1 atom stereocenters. The Labute approximate surface area is 231 Å². The van der Waals surface area contributed by atoms with Crippen molar-refractivity contribution < 1.29 is 28.7 Å². The number of ether oxygens (including phenoxy) is 2. The van der Waals surface area contributed by atoms with E-state index < -0.39 is 29.6 Å². The minimum absolute atomic E-state index is 0.181. The predicted molar refractivity (Wildman–Crippen MR) is 145 cm³/mol. The average molecular weight is 575 g/mol. The molecule has 1 aliphatic heterocycles. The van der Waals surface area contributed by atoms with Crippen molar-refractivity contribution >= 4 is 64.9 Å². The van der Waals surface area contributed by atoms with Gasteiger partial charge < -0.3 is 25.0 Å². The van der Waals surface area contributed by atoms with E-state index >= 15 is 0 Å². The number of nitrogens with zero attached hydrogens (tertiary/aromatic N) is 1. The van der Waals surface area contributed by atoms with Crippen LogP contribution in [0.4, 0.5) is 4.79 Å². The highest BCUT2D eigenvalue weighted by Gasteiger charge is 2.30. The van der Waals surface area contributed by atoms with Crippen LogP contribution in [0, 0.1) is 5.92 Å². The van der Waals surface area contributed by atoms with E-state index in [1.54, 1.807) is 37.8 Å². The maximum absolute atomic E-state index is 12.8. The summed E-state index contributed by atoms with van der Waals surface area (Å²) in [7, 11) is 1.20. The summed E-state index contributed by atoms with van der Waals surface area (Å²) in [5, 5.41) is 5.94. The van der Waals surface area contributed by atoms with Gasteiger partial charge in [-0.05, 0) is 57.6 Å². The molecule has 1 heterocycles. The van der Waals surface area contributed by atoms with E-state index in [1.807, 2.05) is 12.3 Å². The van der Waals surface area contributed by atoms with Crippen molar-refractivity contribution in [3.63, 3.8) is 0 Å². The highest BCUT2D eigenvalue weighted by Crippen LogP contribution is 2.35. The Morgan fingerprint density at radius 2 is 1.81 bits per heavy atom. The van der Waals surface area contributed by atoms with Crippen LogP contribution < -0.4 is 10.6 Å². The van der Waals surface area contributed by atoms with Gasteiger partial charge in [0.25, 0.3) is 0 Å². The highest BCUT2D eigenvalue weighted by atomic mass is 35.5. The molecule has 1 aliphatic rings. The number of likely N-dealkylation sites (tertiary alicyclic amines) is 1. The van der Waals surface area contributed by atoms with E-state index in [-0.39, 0.29) is 18.4 Å². The van der Waals surface area contributed by atoms with E-state index in [4.69, 9.17) is 32.7 Å². The molecular formula is C25H33Cl2N3O6S. The highest BCUT2D eigenvalue weighted by molar-refractivity contribution is 7.98. The third kappa shape index (κ3) is 9.43. The Morgan fingerprint density at radius 1 is 1.16 bits per heavy atom. The minimum atomic E-state index is -1.07. The molecule has 37 heavy (non-hydrogen) atoms. The maximum atomic E-state index is 12.8. The molecule has 1 aromatic carbocycles. The van der Waals surface area contributed by atoms with Gasteiger partial charge in [-0.3, -0.25) is 9.59 Å². The number of nitrogens with one attached hydrogen (secondary N) is 2. The smallest absolute Gasteiger partial charge is 0.407 e. The Bertz CT molecular complexity index is 1040. The van der Waals surface area contributed by atoms with Gasteiger partial charge in [-0.15, -0.1) is 11.8 Å². The van der Waals surface area contributed by atoms with Gasteiger partial charge in [0.05, 0.1) is 23.7 Å². The number of thioether (sulfide) groups is 1. The topological polar surface area (TPSA) is 114 Å². The number of carbonyl (C=O) groups excluding carboxylic acids is 4. The molecule has 0 radical (unpaired) electrons. The van der Waals surface area contributed by atoms with Gasteiger partial charge in [-0.25, -0.2) is 9.59 Å². The summed E-state index contributed by atoms with van der Waals surface area (Å²) in [4.78, 5) is 52.0. The second kappa shape index (κ2) is 13.9. The van der Waals surface area contributed by atoms with Crippen LogP contribution in [0.5, 0.6) is 0 Å². The van der Waals surface area contributed by atoms with E-state index in [1.165, 1.54) is 24.9 Å². The van der Waals surface area contributed by atoms with Crippen LogP contribution in [0.15, 0.2) is 23.1 Å². The Hall–Kier alpha value is -2.43. The number of piperidine rings is 1. The summed E-state index contributed by atoms with van der Waals surface area (Å²) in [5.41, 5.74) is -0.0618. The molecule has 12 heteroatoms. The monoisotopic (exact) mass is 573 g/mol. The largest absolute Gasteiger partial charge is 0.467 e. The Balaban J connectivity index is 1.90. The van der Waals surface area contributed by atoms with Gasteiger partial charge in [0.15, 0.2) is 0 Å². The number of methoxy groups -OCH3 is 1. The first-order valence-corrected chi connectivity index (χ1v) is 13.7. The van der Waals surface area contributed by atoms with Gasteiger partial charge in [0.1, 0.15) is 11.6 Å². The van der Waals surface area contributed by atoms with E-state index in [0.29, 0.717) is 41.5 Å². The molecule has 0 aromatic heterocycles. The normalized spacial score (nSPS) is 15.3. The number of rotatable bonds is 8. The second-order valence-corrected chi connectivity index (χ2v) is 11.0. The standard InChI is InChI=1S/C25H33Cl2N3O6S/c1-25(2,3)36-24(34)28-14-17(23(33)35-4)29-22(32)16-10-12-30(13-11-16)19(31)9-7-15-6-8-18(37-5)21(27)20(15)26/h6-9,16-17H,10-14H2,1-5H3,(H,28,34)(H,29,32)/b9-7+/t17-/m0/s1. The lowest BCUT2D eigenvalue weighted by molar-refractivity contribution is -0.145. The molecule has 0 unspecified atom stereocenters. The lowest BCUT2D eigenvalue weighted by atomic mass is 9.95. The van der Waals surface area contributed by atoms with Crippen LogP contribution in [-0.2, 0) is 23.9 Å². The molecule has 1 fully saturated rings. The predicted octanol–water partition coefficient (Wildman–Crippen LogP) is 4.15. The Morgan fingerprint density at radius 3 is 2.38 bits per heavy atom. The first kappa shape index (κ1) is 30.8. The fraction of sp³-hybridized carbons (Fsp3) is 0.520. The molecule has 0 bridgehead atoms. The van der Waals surface area contributed by atoms with Gasteiger partial charge in [-0.1, -0.05) is 29.3 Å². The summed E-state index contributed by atoms with van der Waals surface area (Å²) in [6.07, 6.45) is 5.10. The summed E-state index contributed by atoms with van der Waals surface area (Å²) in [6.45, 7) is 5.71. The van der Waals surface area contributed by atoms with E-state index in [9.17, 15) is 19.2 Å². The van der Waals surface area contributed by atoms with Crippen molar-refractivity contribution in [1.82, 2.24) is 15.5 Å². The molecule has 0 aliphatic carbocycles. The average Bonchev–Trinajstić information content (AvgIpc) is 2.85. The second-order valence-electron chi connectivity index (χ2n) is 9.39. The molecule has 0 spiro atoms. The number of halogens is 2. The van der Waals surface area contributed by atoms with Crippen molar-refractivity contribution in [2.45, 2.75) is 50.2 Å². The maximum Gasteiger partial charge on any atom is 0.407 e. The summed E-state index contributed by atoms with van der Waals surface area (Å²) in [6, 6.07) is 2.58. The van der Waals surface area contributed by atoms with Crippen molar-refractivity contribution in [3.05, 3.63) is 33.8 Å². The van der Waals surface area contributed by atoms with Crippen LogP contribution >= 0.6 is 35.0 Å². The number of carbonyl (C=O) groups is 4. The van der Waals surface area contributed by atoms with Crippen LogP contribution in [0.1, 0.15) is 39.2 Å². The lowest BCUT2D eigenvalue weighted by Crippen LogP contribution is -2.52. The zero-order valence-corrected chi connectivity index (χ0v) is 23.9. The van der Waals surface area contributed by atoms with Crippen molar-refractivity contribution in [3.8, 4) is 0 Å². The number of esters is 1. The van der Waals surface area contributed by atoms with Crippen molar-refractivity contribution in [1.29, 1.82) is 0 Å². The van der Waals surface area contributed by atoms with Crippen LogP contribution in [0.2, 0.25) is 10.0 Å². The number of alkyl carbamates (subject to hydrolysis) is 1. The quantitative estimate of drug-likeness (QED) is 0.273. The molecule has 9 nitrogen and oxygen atoms in total. The molecule has 2 rings (SSSR count). The molecule has 2 N–H and O–H groups in total. The molecule has 1 aromatic rings. The first-order chi connectivity index (χ1) is 17.4. The molecule has 3 amide bonds. The lowest BCUT2D eigenvalue weighted by Gasteiger charge is -2.31. The van der Waals surface area contributed by atoms with Crippen molar-refractivity contribution in [2.24, 2.45) is 5.92 Å². The molecule has 1 saturated heterocycles. The molecule has 0 saturated carbocycles. The summed E-state index contributed by atoms with van der Waals surface area (Å²) < 4.78 is 9.90. The number of hydrogen-bond acceptors (Lipinski definition) is 7. The fourth-order valence-electron chi connectivity index (χ4n) is 3.59. The van der Waals surface area contributed by atoms with Crippen LogP contribution in [0.25, 0.3) is 6.08 Å². The first-order valence-electron chi connectivity index (χ1n) is 11.7. The van der Waals surface area contributed by atoms with Gasteiger partial charge >= 0.3 is 12.1 Å². The molecule has 204 valence electrons. The van der Waals surface area contributed by atoms with Gasteiger partial charge in [-0.2, -0.15) is 0 Å². The zero-order valence-electron chi connectivity index (χ0n) is 21.6. The zero-order chi connectivity index (χ0) is 27.8. The molecular weight excluding hydrogens is 541 g/mol. The Kier molecular flexibility index (Phi) is 11.6.